The molecule has 0 unspecified atom stereocenters. The Hall–Kier alpha value is -2.00. The highest BCUT2D eigenvalue weighted by atomic mass is 32.1. The molecule has 2 nitrogen and oxygen atoms in total. The van der Waals surface area contributed by atoms with Gasteiger partial charge < -0.3 is 0 Å². The first-order valence-corrected chi connectivity index (χ1v) is 6.04. The van der Waals surface area contributed by atoms with E-state index in [1.165, 1.54) is 0 Å². The van der Waals surface area contributed by atoms with Crippen LogP contribution in [0.3, 0.4) is 0 Å². The fourth-order valence-electron chi connectivity index (χ4n) is 1.99. The fraction of sp³-hybridized carbons (Fsp3) is 0. The van der Waals surface area contributed by atoms with Crippen molar-refractivity contribution in [3.63, 3.8) is 0 Å². The van der Waals surface area contributed by atoms with Gasteiger partial charge in [0.2, 0.25) is 9.48 Å². The number of hydrogen-bond acceptors (Lipinski definition) is 3. The quantitative estimate of drug-likeness (QED) is 0.605. The molecule has 0 aliphatic heterocycles. The first-order valence-electron chi connectivity index (χ1n) is 5.22. The molecule has 0 atom stereocenters. The molecule has 3 heteroatoms. The lowest BCUT2D eigenvalue weighted by Gasteiger charge is -1.94. The summed E-state index contributed by atoms with van der Waals surface area (Å²) >= 11 is 0.770. The molecule has 0 spiro atoms. The molecule has 3 aromatic rings. The van der Waals surface area contributed by atoms with Gasteiger partial charge in [-0.2, -0.15) is 0 Å². The summed E-state index contributed by atoms with van der Waals surface area (Å²) in [6.45, 7) is 0. The molecule has 1 heterocycles. The van der Waals surface area contributed by atoms with Crippen molar-refractivity contribution in [1.82, 2.24) is 0 Å². The van der Waals surface area contributed by atoms with Gasteiger partial charge in [0, 0.05) is 10.8 Å². The van der Waals surface area contributed by atoms with Gasteiger partial charge >= 0.3 is 0 Å². The highest BCUT2D eigenvalue weighted by Crippen LogP contribution is 2.19. The van der Waals surface area contributed by atoms with Crippen molar-refractivity contribution < 1.29 is 0 Å². The minimum absolute atomic E-state index is 0.179. The minimum atomic E-state index is -0.179. The van der Waals surface area contributed by atoms with Crippen LogP contribution in [0.5, 0.6) is 0 Å². The van der Waals surface area contributed by atoms with E-state index in [9.17, 15) is 9.59 Å². The predicted molar refractivity (Wildman–Crippen MR) is 71.9 cm³/mol. The first kappa shape index (κ1) is 10.2. The molecule has 0 fully saturated rings. The minimum Gasteiger partial charge on any atom is -0.277 e. The van der Waals surface area contributed by atoms with Crippen LogP contribution in [0.15, 0.2) is 58.1 Å². The molecule has 3 rings (SSSR count). The largest absolute Gasteiger partial charge is 0.277 e. The van der Waals surface area contributed by atoms with E-state index >= 15 is 0 Å². The van der Waals surface area contributed by atoms with E-state index in [1.807, 2.05) is 36.4 Å². The third-order valence-electron chi connectivity index (χ3n) is 2.77. The van der Waals surface area contributed by atoms with Crippen molar-refractivity contribution in [2.24, 2.45) is 0 Å². The van der Waals surface area contributed by atoms with Crippen LogP contribution in [0, 0.1) is 0 Å². The van der Waals surface area contributed by atoms with Crippen molar-refractivity contribution in [3.05, 3.63) is 67.6 Å². The van der Waals surface area contributed by atoms with Crippen LogP contribution in [0.4, 0.5) is 0 Å². The molecule has 1 aromatic heterocycles. The summed E-state index contributed by atoms with van der Waals surface area (Å²) < 4.78 is -0.358. The van der Waals surface area contributed by atoms with Crippen LogP contribution in [0.25, 0.3) is 21.5 Å². The maximum absolute atomic E-state index is 11.9. The molecule has 82 valence electrons. The summed E-state index contributed by atoms with van der Waals surface area (Å²) in [5.41, 5.74) is 0. The van der Waals surface area contributed by atoms with E-state index < -0.39 is 0 Å². The van der Waals surface area contributed by atoms with Gasteiger partial charge in [-0.1, -0.05) is 47.7 Å². The molecule has 17 heavy (non-hydrogen) atoms. The Morgan fingerprint density at radius 3 is 1.35 bits per heavy atom. The summed E-state index contributed by atoms with van der Waals surface area (Å²) in [7, 11) is 0. The van der Waals surface area contributed by atoms with Gasteiger partial charge in [-0.05, 0) is 22.9 Å². The fourth-order valence-corrected chi connectivity index (χ4v) is 2.73. The lowest BCUT2D eigenvalue weighted by molar-refractivity contribution is 1.79. The maximum Gasteiger partial charge on any atom is 0.243 e. The molecular weight excluding hydrogens is 232 g/mol. The average molecular weight is 240 g/mol. The van der Waals surface area contributed by atoms with Crippen molar-refractivity contribution in [1.29, 1.82) is 0 Å². The van der Waals surface area contributed by atoms with Gasteiger partial charge in [0.1, 0.15) is 0 Å². The first-order chi connectivity index (χ1) is 8.27. The molecule has 2 aromatic carbocycles. The predicted octanol–water partition coefficient (Wildman–Crippen LogP) is 2.77. The monoisotopic (exact) mass is 240 g/mol. The second-order valence-electron chi connectivity index (χ2n) is 3.77. The summed E-state index contributed by atoms with van der Waals surface area (Å²) in [6, 6.07) is 14.7. The summed E-state index contributed by atoms with van der Waals surface area (Å²) in [5, 5.41) is 2.89. The van der Waals surface area contributed by atoms with Gasteiger partial charge in [0.05, 0.1) is 0 Å². The maximum atomic E-state index is 11.9. The van der Waals surface area contributed by atoms with E-state index in [0.29, 0.717) is 10.8 Å². The Bertz CT molecular complexity index is 765. The van der Waals surface area contributed by atoms with E-state index in [-0.39, 0.29) is 9.48 Å². The molecule has 0 radical (unpaired) electrons. The van der Waals surface area contributed by atoms with Crippen molar-refractivity contribution in [2.75, 3.05) is 0 Å². The molecule has 0 saturated heterocycles. The topological polar surface area (TPSA) is 34.1 Å². The number of fused-ring (bicyclic) bond motifs is 3. The van der Waals surface area contributed by atoms with Crippen LogP contribution in [0.1, 0.15) is 0 Å². The average Bonchev–Trinajstić information content (AvgIpc) is 2.48. The summed E-state index contributed by atoms with van der Waals surface area (Å²) in [5.74, 6) is 0. The number of benzene rings is 2. The molecular formula is C14H8O2S. The van der Waals surface area contributed by atoms with Gasteiger partial charge in [-0.15, -0.1) is 0 Å². The van der Waals surface area contributed by atoms with Crippen LogP contribution in [-0.2, 0) is 0 Å². The molecule has 0 N–H and O–H groups in total. The number of rotatable bonds is 0. The van der Waals surface area contributed by atoms with Gasteiger partial charge in [0.25, 0.3) is 0 Å². The second-order valence-corrected chi connectivity index (χ2v) is 4.71. The Balaban J connectivity index is 2.83. The zero-order valence-corrected chi connectivity index (χ0v) is 9.66. The van der Waals surface area contributed by atoms with Gasteiger partial charge in [-0.25, -0.2) is 0 Å². The van der Waals surface area contributed by atoms with E-state index in [2.05, 4.69) is 0 Å². The summed E-state index contributed by atoms with van der Waals surface area (Å²) in [6.07, 6.45) is 0. The van der Waals surface area contributed by atoms with Crippen LogP contribution < -0.4 is 9.48 Å². The number of hydrogen-bond donors (Lipinski definition) is 0. The van der Waals surface area contributed by atoms with E-state index in [1.54, 1.807) is 12.1 Å². The SMILES string of the molecule is O=c1sc(=O)c2ccccc2c2ccccc12. The smallest absolute Gasteiger partial charge is 0.243 e. The van der Waals surface area contributed by atoms with Gasteiger partial charge in [-0.3, -0.25) is 9.59 Å². The molecule has 0 aliphatic carbocycles. The standard InChI is InChI=1S/C14H8O2S/c15-13-11-7-3-1-5-9(11)10-6-2-4-8-12(10)14(16)17-13/h1-8H. The third kappa shape index (κ3) is 1.56. The molecule has 0 aliphatic rings. The summed E-state index contributed by atoms with van der Waals surface area (Å²) in [4.78, 5) is 23.9. The van der Waals surface area contributed by atoms with Crippen LogP contribution in [-0.4, -0.2) is 0 Å². The Labute approximate surface area is 101 Å². The van der Waals surface area contributed by atoms with Crippen molar-refractivity contribution in [3.8, 4) is 0 Å². The molecule has 0 saturated carbocycles. The lowest BCUT2D eigenvalue weighted by Crippen LogP contribution is -1.97. The van der Waals surface area contributed by atoms with Crippen LogP contribution >= 0.6 is 11.3 Å². The Morgan fingerprint density at radius 2 is 0.941 bits per heavy atom. The Kier molecular flexibility index (Phi) is 2.27. The Morgan fingerprint density at radius 1 is 0.588 bits per heavy atom. The molecule has 0 amide bonds. The lowest BCUT2D eigenvalue weighted by atomic mass is 10.1. The zero-order chi connectivity index (χ0) is 11.8. The molecule has 0 bridgehead atoms. The normalized spacial score (nSPS) is 10.8. The highest BCUT2D eigenvalue weighted by Gasteiger charge is 2.04. The third-order valence-corrected chi connectivity index (χ3v) is 3.58. The van der Waals surface area contributed by atoms with Gasteiger partial charge in [0.15, 0.2) is 0 Å². The highest BCUT2D eigenvalue weighted by molar-refractivity contribution is 7.07. The van der Waals surface area contributed by atoms with E-state index in [0.717, 1.165) is 22.1 Å². The van der Waals surface area contributed by atoms with Crippen molar-refractivity contribution in [2.45, 2.75) is 0 Å². The second kappa shape index (κ2) is 3.79. The van der Waals surface area contributed by atoms with E-state index in [4.69, 9.17) is 0 Å². The van der Waals surface area contributed by atoms with Crippen molar-refractivity contribution >= 4 is 32.9 Å². The zero-order valence-electron chi connectivity index (χ0n) is 8.84. The van der Waals surface area contributed by atoms with Crippen LogP contribution in [0.2, 0.25) is 0 Å².